The van der Waals surface area contributed by atoms with E-state index in [9.17, 15) is 0 Å². The number of hydrogen-bond donors (Lipinski definition) is 0. The van der Waals surface area contributed by atoms with Gasteiger partial charge in [-0.05, 0) is 71.1 Å². The zero-order valence-electron chi connectivity index (χ0n) is 32.6. The van der Waals surface area contributed by atoms with Crippen molar-refractivity contribution in [1.82, 2.24) is 19.1 Å². The Morgan fingerprint density at radius 2 is 0.917 bits per heavy atom. The fourth-order valence-corrected chi connectivity index (χ4v) is 9.18. The first-order valence-electron chi connectivity index (χ1n) is 20.4. The monoisotopic (exact) mass is 764 g/mol. The van der Waals surface area contributed by atoms with Crippen LogP contribution >= 0.6 is 0 Å². The third-order valence-corrected chi connectivity index (χ3v) is 11.9. The molecule has 12 aromatic rings. The second-order valence-electron chi connectivity index (χ2n) is 15.4. The van der Waals surface area contributed by atoms with Gasteiger partial charge in [0.2, 0.25) is 0 Å². The van der Waals surface area contributed by atoms with Crippen molar-refractivity contribution in [2.75, 3.05) is 0 Å². The number of rotatable bonds is 6. The van der Waals surface area contributed by atoms with Crippen LogP contribution in [0.25, 0.3) is 111 Å². The molecule has 0 saturated carbocycles. The van der Waals surface area contributed by atoms with Gasteiger partial charge in [0.15, 0.2) is 5.82 Å². The summed E-state index contributed by atoms with van der Waals surface area (Å²) in [5.41, 5.74) is 14.2. The number of nitrogens with zero attached hydrogens (tertiary/aromatic N) is 4. The maximum Gasteiger partial charge on any atom is 0.160 e. The molecule has 0 unspecified atom stereocenters. The lowest BCUT2D eigenvalue weighted by Gasteiger charge is -2.14. The van der Waals surface area contributed by atoms with Crippen LogP contribution in [0.4, 0.5) is 0 Å². The van der Waals surface area contributed by atoms with E-state index in [1.165, 1.54) is 49.2 Å². The Bertz CT molecular complexity index is 3580. The molecule has 0 N–H and O–H groups in total. The molecule has 12 rings (SSSR count). The van der Waals surface area contributed by atoms with Crippen LogP contribution < -0.4 is 0 Å². The van der Waals surface area contributed by atoms with E-state index in [0.717, 1.165) is 55.8 Å². The standard InChI is InChI=1S/C56H36N4/c1-4-16-37(17-5-1)39-20-14-22-41(34-39)49-36-48(38-18-6-2-7-19-38)57-56(58-49)42-30-31-44-40(35-42)21-15-29-50(44)60-52-28-13-11-26-47(52)54-53(60)33-32-46-45-25-10-12-27-51(45)59(55(46)54)43-23-8-3-9-24-43/h1-36H. The molecule has 4 heteroatoms. The van der Waals surface area contributed by atoms with Gasteiger partial charge in [0.1, 0.15) is 0 Å². The van der Waals surface area contributed by atoms with Gasteiger partial charge in [-0.15, -0.1) is 0 Å². The quantitative estimate of drug-likeness (QED) is 0.169. The first kappa shape index (κ1) is 34.0. The third-order valence-electron chi connectivity index (χ3n) is 11.9. The first-order chi connectivity index (χ1) is 29.8. The second-order valence-corrected chi connectivity index (χ2v) is 15.4. The summed E-state index contributed by atoms with van der Waals surface area (Å²) < 4.78 is 4.89. The highest BCUT2D eigenvalue weighted by atomic mass is 15.0. The van der Waals surface area contributed by atoms with Gasteiger partial charge in [-0.1, -0.05) is 164 Å². The molecule has 280 valence electrons. The van der Waals surface area contributed by atoms with E-state index in [-0.39, 0.29) is 0 Å². The number of hydrogen-bond acceptors (Lipinski definition) is 2. The molecule has 0 amide bonds. The molecular weight excluding hydrogens is 729 g/mol. The van der Waals surface area contributed by atoms with Gasteiger partial charge >= 0.3 is 0 Å². The summed E-state index contributed by atoms with van der Waals surface area (Å²) in [5, 5.41) is 7.24. The Labute approximate surface area is 346 Å². The van der Waals surface area contributed by atoms with Crippen molar-refractivity contribution in [3.05, 3.63) is 218 Å². The van der Waals surface area contributed by atoms with Crippen LogP contribution in [0, 0.1) is 0 Å². The van der Waals surface area contributed by atoms with Gasteiger partial charge in [-0.25, -0.2) is 9.97 Å². The van der Waals surface area contributed by atoms with Gasteiger partial charge in [0.25, 0.3) is 0 Å². The molecule has 0 atom stereocenters. The molecule has 0 aliphatic heterocycles. The molecule has 0 bridgehead atoms. The molecule has 3 heterocycles. The van der Waals surface area contributed by atoms with E-state index in [1.54, 1.807) is 0 Å². The van der Waals surface area contributed by atoms with E-state index < -0.39 is 0 Å². The lowest BCUT2D eigenvalue weighted by atomic mass is 10.0. The molecular formula is C56H36N4. The minimum Gasteiger partial charge on any atom is -0.309 e. The topological polar surface area (TPSA) is 35.6 Å². The van der Waals surface area contributed by atoms with E-state index in [2.05, 4.69) is 221 Å². The van der Waals surface area contributed by atoms with E-state index in [0.29, 0.717) is 5.82 Å². The number of fused-ring (bicyclic) bond motifs is 8. The molecule has 0 radical (unpaired) electrons. The van der Waals surface area contributed by atoms with Gasteiger partial charge in [0.05, 0.1) is 39.1 Å². The van der Waals surface area contributed by atoms with Crippen LogP contribution in [0.3, 0.4) is 0 Å². The predicted molar refractivity (Wildman–Crippen MR) is 250 cm³/mol. The zero-order valence-corrected chi connectivity index (χ0v) is 32.6. The summed E-state index contributed by atoms with van der Waals surface area (Å²) in [6.45, 7) is 0. The Morgan fingerprint density at radius 1 is 0.317 bits per heavy atom. The van der Waals surface area contributed by atoms with E-state index >= 15 is 0 Å². The summed E-state index contributed by atoms with van der Waals surface area (Å²) in [5.74, 6) is 0.691. The van der Waals surface area contributed by atoms with Crippen molar-refractivity contribution in [3.63, 3.8) is 0 Å². The average Bonchev–Trinajstić information content (AvgIpc) is 3.85. The summed E-state index contributed by atoms with van der Waals surface area (Å²) in [6.07, 6.45) is 0. The van der Waals surface area contributed by atoms with Gasteiger partial charge in [-0.3, -0.25) is 0 Å². The highest BCUT2D eigenvalue weighted by molar-refractivity contribution is 6.26. The van der Waals surface area contributed by atoms with E-state index in [4.69, 9.17) is 9.97 Å². The lowest BCUT2D eigenvalue weighted by molar-refractivity contribution is 1.18. The molecule has 0 fully saturated rings. The lowest BCUT2D eigenvalue weighted by Crippen LogP contribution is -1.98. The van der Waals surface area contributed by atoms with Crippen LogP contribution in [0.5, 0.6) is 0 Å². The molecule has 3 aromatic heterocycles. The molecule has 0 aliphatic rings. The van der Waals surface area contributed by atoms with Crippen molar-refractivity contribution < 1.29 is 0 Å². The fourth-order valence-electron chi connectivity index (χ4n) is 9.18. The van der Waals surface area contributed by atoms with Gasteiger partial charge in [-0.2, -0.15) is 0 Å². The second kappa shape index (κ2) is 13.8. The largest absolute Gasteiger partial charge is 0.309 e. The van der Waals surface area contributed by atoms with Gasteiger partial charge < -0.3 is 9.13 Å². The van der Waals surface area contributed by atoms with Crippen LogP contribution in [0.2, 0.25) is 0 Å². The Balaban J connectivity index is 1.05. The van der Waals surface area contributed by atoms with E-state index in [1.807, 2.05) is 6.07 Å². The van der Waals surface area contributed by atoms with Gasteiger partial charge in [0, 0.05) is 49.3 Å². The summed E-state index contributed by atoms with van der Waals surface area (Å²) in [4.78, 5) is 10.5. The van der Waals surface area contributed by atoms with Crippen molar-refractivity contribution in [1.29, 1.82) is 0 Å². The summed E-state index contributed by atoms with van der Waals surface area (Å²) in [7, 11) is 0. The van der Waals surface area contributed by atoms with Crippen LogP contribution in [0.15, 0.2) is 218 Å². The highest BCUT2D eigenvalue weighted by Crippen LogP contribution is 2.43. The minimum atomic E-state index is 0.691. The van der Waals surface area contributed by atoms with Crippen LogP contribution in [-0.2, 0) is 0 Å². The molecule has 9 aromatic carbocycles. The summed E-state index contributed by atoms with van der Waals surface area (Å²) in [6, 6.07) is 77.9. The number of aromatic nitrogens is 4. The SMILES string of the molecule is c1ccc(-c2cccc(-c3cc(-c4ccccc4)nc(-c4ccc5c(-n6c7ccccc7c7c6ccc6c8ccccc8n(-c8ccccc8)c67)cccc5c4)n3)c2)cc1. The molecule has 60 heavy (non-hydrogen) atoms. The maximum absolute atomic E-state index is 5.26. The van der Waals surface area contributed by atoms with Crippen molar-refractivity contribution in [3.8, 4) is 56.4 Å². The normalized spacial score (nSPS) is 11.7. The number of para-hydroxylation sites is 3. The van der Waals surface area contributed by atoms with Crippen molar-refractivity contribution in [2.45, 2.75) is 0 Å². The molecule has 0 saturated heterocycles. The first-order valence-corrected chi connectivity index (χ1v) is 20.4. The Kier molecular flexibility index (Phi) is 7.82. The smallest absolute Gasteiger partial charge is 0.160 e. The minimum absolute atomic E-state index is 0.691. The maximum atomic E-state index is 5.26. The molecule has 4 nitrogen and oxygen atoms in total. The highest BCUT2D eigenvalue weighted by Gasteiger charge is 2.22. The number of benzene rings is 9. The predicted octanol–water partition coefficient (Wildman–Crippen LogP) is 14.5. The third kappa shape index (κ3) is 5.46. The van der Waals surface area contributed by atoms with Crippen molar-refractivity contribution >= 4 is 54.4 Å². The Hall–Kier alpha value is -8.08. The average molecular weight is 765 g/mol. The van der Waals surface area contributed by atoms with Crippen LogP contribution in [-0.4, -0.2) is 19.1 Å². The summed E-state index contributed by atoms with van der Waals surface area (Å²) >= 11 is 0. The fraction of sp³-hybridized carbons (Fsp3) is 0. The Morgan fingerprint density at radius 3 is 1.70 bits per heavy atom. The molecule has 0 aliphatic carbocycles. The van der Waals surface area contributed by atoms with Crippen LogP contribution in [0.1, 0.15) is 0 Å². The zero-order chi connectivity index (χ0) is 39.6. The van der Waals surface area contributed by atoms with Crippen molar-refractivity contribution in [2.24, 2.45) is 0 Å². The molecule has 0 spiro atoms.